The van der Waals surface area contributed by atoms with E-state index in [-0.39, 0.29) is 5.41 Å². The lowest BCUT2D eigenvalue weighted by molar-refractivity contribution is 0.660. The Morgan fingerprint density at radius 2 is 0.651 bits per heavy atom. The van der Waals surface area contributed by atoms with Crippen LogP contribution in [0.4, 0.5) is 0 Å². The van der Waals surface area contributed by atoms with Crippen LogP contribution >= 0.6 is 0 Å². The lowest BCUT2D eigenvalue weighted by Gasteiger charge is -2.22. The summed E-state index contributed by atoms with van der Waals surface area (Å²) in [5.41, 5.74) is 27.9. The van der Waals surface area contributed by atoms with Gasteiger partial charge in [-0.15, -0.1) is 0 Å². The van der Waals surface area contributed by atoms with Crippen molar-refractivity contribution in [1.82, 2.24) is 48.2 Å². The number of rotatable bonds is 10. The smallest absolute Gasteiger partial charge is 0.160 e. The third kappa shape index (κ3) is 10.6. The topological polar surface area (TPSA) is 97.1 Å². The SMILES string of the molecule is CC1(C)c2ccccc2-c2ccc(-c3ccc(-c4nc(-c5ccc(-n6c7ccccc7c7cc8ccn(-c9ccccc9)c8cc76)cc5)nc5ccccc45)cc3)cc21.c1ccc(-n2ccc3cc4c5ccccc5n(-c5ccc(-c6nc(-c7ccc(-c8ncccn8)cc7)c7ccccc7n6)cc5)c4cc32)cc1. The molecular formula is C99H66N10. The molecule has 0 bridgehead atoms. The number of benzene rings is 14. The van der Waals surface area contributed by atoms with Gasteiger partial charge in [0.25, 0.3) is 0 Å². The molecule has 0 radical (unpaired) electrons. The van der Waals surface area contributed by atoms with E-state index in [1.54, 1.807) is 12.4 Å². The first-order valence-electron chi connectivity index (χ1n) is 37.0. The first-order chi connectivity index (χ1) is 53.8. The number of aromatic nitrogens is 10. The van der Waals surface area contributed by atoms with Crippen molar-refractivity contribution in [1.29, 1.82) is 0 Å². The van der Waals surface area contributed by atoms with E-state index in [0.29, 0.717) is 17.5 Å². The van der Waals surface area contributed by atoms with Gasteiger partial charge in [0.05, 0.1) is 55.5 Å². The van der Waals surface area contributed by atoms with Crippen LogP contribution in [-0.2, 0) is 5.41 Å². The minimum Gasteiger partial charge on any atom is -0.316 e. The van der Waals surface area contributed by atoms with Crippen LogP contribution < -0.4 is 0 Å². The molecule has 0 saturated carbocycles. The summed E-state index contributed by atoms with van der Waals surface area (Å²) in [6, 6.07) is 121. The largest absolute Gasteiger partial charge is 0.316 e. The molecule has 21 aromatic rings. The van der Waals surface area contributed by atoms with Gasteiger partial charge < -0.3 is 18.3 Å². The van der Waals surface area contributed by atoms with Crippen LogP contribution in [0.3, 0.4) is 0 Å². The zero-order chi connectivity index (χ0) is 72.3. The van der Waals surface area contributed by atoms with Crippen LogP contribution in [0, 0.1) is 0 Å². The molecule has 14 aromatic carbocycles. The minimum atomic E-state index is -0.0397. The van der Waals surface area contributed by atoms with Gasteiger partial charge in [0.15, 0.2) is 17.5 Å². The van der Waals surface area contributed by atoms with Crippen molar-refractivity contribution in [3.05, 3.63) is 376 Å². The molecule has 22 rings (SSSR count). The summed E-state index contributed by atoms with van der Waals surface area (Å²) in [4.78, 5) is 29.3. The molecule has 0 N–H and O–H groups in total. The molecule has 7 heterocycles. The molecule has 0 aliphatic heterocycles. The summed E-state index contributed by atoms with van der Waals surface area (Å²) in [6.45, 7) is 4.67. The molecule has 1 aliphatic carbocycles. The van der Waals surface area contributed by atoms with Gasteiger partial charge in [-0.1, -0.05) is 208 Å². The molecule has 512 valence electrons. The van der Waals surface area contributed by atoms with Crippen LogP contribution in [0.5, 0.6) is 0 Å². The van der Waals surface area contributed by atoms with Crippen molar-refractivity contribution >= 4 is 87.2 Å². The van der Waals surface area contributed by atoms with Gasteiger partial charge >= 0.3 is 0 Å². The highest BCUT2D eigenvalue weighted by Crippen LogP contribution is 2.50. The summed E-state index contributed by atoms with van der Waals surface area (Å²) in [5.74, 6) is 2.09. The molecule has 109 heavy (non-hydrogen) atoms. The molecule has 0 spiro atoms. The van der Waals surface area contributed by atoms with E-state index < -0.39 is 0 Å². The average Bonchev–Trinajstić information content (AvgIpc) is 1.60. The van der Waals surface area contributed by atoms with E-state index in [9.17, 15) is 0 Å². The van der Waals surface area contributed by atoms with Crippen molar-refractivity contribution in [2.24, 2.45) is 0 Å². The van der Waals surface area contributed by atoms with Gasteiger partial charge in [-0.3, -0.25) is 0 Å². The Balaban J connectivity index is 0.000000141. The number of nitrogens with zero attached hydrogens (tertiary/aromatic N) is 10. The summed E-state index contributed by atoms with van der Waals surface area (Å²) in [7, 11) is 0. The average molecular weight is 1400 g/mol. The molecular weight excluding hydrogens is 1330 g/mol. The van der Waals surface area contributed by atoms with Crippen molar-refractivity contribution < 1.29 is 0 Å². The second-order valence-corrected chi connectivity index (χ2v) is 28.7. The fourth-order valence-corrected chi connectivity index (χ4v) is 16.7. The van der Waals surface area contributed by atoms with Gasteiger partial charge in [0.2, 0.25) is 0 Å². The zero-order valence-corrected chi connectivity index (χ0v) is 59.6. The van der Waals surface area contributed by atoms with Gasteiger partial charge in [-0.2, -0.15) is 0 Å². The molecule has 1 aliphatic rings. The highest BCUT2D eigenvalue weighted by Gasteiger charge is 2.35. The molecule has 7 aromatic heterocycles. The van der Waals surface area contributed by atoms with Crippen molar-refractivity contribution in [2.75, 3.05) is 0 Å². The Bertz CT molecular complexity index is 7140. The number of hydrogen-bond acceptors (Lipinski definition) is 6. The van der Waals surface area contributed by atoms with Crippen LogP contribution in [0.2, 0.25) is 0 Å². The molecule has 10 nitrogen and oxygen atoms in total. The number of para-hydroxylation sites is 6. The molecule has 0 saturated heterocycles. The standard InChI is InChI=1S/C55H38N4.C44H28N6/c1-55(2)47-17-9-6-14-42(47)43-29-26-38(33-48(43)55)35-20-22-36(23-21-35)53-45-16-7-10-18-49(45)56-54(57-53)37-24-27-41(28-25-37)59-50-19-11-8-15-44(50)46-32-39-30-31-58(51(39)34-52(46)59)40-12-4-3-5-13-40;1-2-9-33(10-3-1)49-26-23-32-27-37-35-11-5-7-14-39(35)50(41(37)28-40(32)49)34-21-19-31(20-22-34)44-47-38-13-6-4-12-36(38)42(48-44)29-15-17-30(18-16-29)43-45-24-8-25-46-43/h3-34H,1-2H3;1-28H. The Labute approximate surface area is 628 Å². The quantitative estimate of drug-likeness (QED) is 0.135. The van der Waals surface area contributed by atoms with Crippen molar-refractivity contribution in [3.63, 3.8) is 0 Å². The van der Waals surface area contributed by atoms with Gasteiger partial charge in [0, 0.05) is 124 Å². The molecule has 0 amide bonds. The lowest BCUT2D eigenvalue weighted by atomic mass is 9.81. The fraction of sp³-hybridized carbons (Fsp3) is 0.0303. The predicted molar refractivity (Wildman–Crippen MR) is 447 cm³/mol. The summed E-state index contributed by atoms with van der Waals surface area (Å²) in [6.07, 6.45) is 7.84. The van der Waals surface area contributed by atoms with Gasteiger partial charge in [0.1, 0.15) is 0 Å². The lowest BCUT2D eigenvalue weighted by Crippen LogP contribution is -2.14. The second-order valence-electron chi connectivity index (χ2n) is 28.7. The molecule has 0 atom stereocenters. The highest BCUT2D eigenvalue weighted by molar-refractivity contribution is 6.15. The number of fused-ring (bicyclic) bond motifs is 13. The zero-order valence-electron chi connectivity index (χ0n) is 59.6. The van der Waals surface area contributed by atoms with Crippen LogP contribution in [-0.4, -0.2) is 48.2 Å². The Kier molecular flexibility index (Phi) is 14.7. The maximum Gasteiger partial charge on any atom is 0.160 e. The Hall–Kier alpha value is -14.5. The predicted octanol–water partition coefficient (Wildman–Crippen LogP) is 24.4. The van der Waals surface area contributed by atoms with Crippen molar-refractivity contribution in [3.8, 4) is 102 Å². The first-order valence-corrected chi connectivity index (χ1v) is 37.0. The number of hydrogen-bond donors (Lipinski definition) is 0. The highest BCUT2D eigenvalue weighted by atomic mass is 15.0. The first kappa shape index (κ1) is 63.0. The maximum atomic E-state index is 5.27. The second kappa shape index (κ2) is 25.4. The van der Waals surface area contributed by atoms with E-state index in [4.69, 9.17) is 19.9 Å². The summed E-state index contributed by atoms with van der Waals surface area (Å²) >= 11 is 0. The van der Waals surface area contributed by atoms with E-state index in [0.717, 1.165) is 89.3 Å². The normalized spacial score (nSPS) is 12.4. The van der Waals surface area contributed by atoms with E-state index >= 15 is 0 Å². The third-order valence-corrected chi connectivity index (χ3v) is 22.1. The molecule has 10 heteroatoms. The van der Waals surface area contributed by atoms with Crippen LogP contribution in [0.15, 0.2) is 365 Å². The van der Waals surface area contributed by atoms with E-state index in [1.165, 1.54) is 93.3 Å². The maximum absolute atomic E-state index is 5.27. The third-order valence-electron chi connectivity index (χ3n) is 22.1. The summed E-state index contributed by atoms with van der Waals surface area (Å²) in [5, 5.41) is 9.41. The molecule has 0 fully saturated rings. The molecule has 0 unspecified atom stereocenters. The van der Waals surface area contributed by atoms with Crippen molar-refractivity contribution in [2.45, 2.75) is 19.3 Å². The van der Waals surface area contributed by atoms with E-state index in [2.05, 4.69) is 364 Å². The van der Waals surface area contributed by atoms with Gasteiger partial charge in [-0.25, -0.2) is 29.9 Å². The van der Waals surface area contributed by atoms with Gasteiger partial charge in [-0.05, 0) is 179 Å². The fourth-order valence-electron chi connectivity index (χ4n) is 16.7. The minimum absolute atomic E-state index is 0.0397. The van der Waals surface area contributed by atoms with E-state index in [1.807, 2.05) is 30.3 Å². The Morgan fingerprint density at radius 1 is 0.248 bits per heavy atom. The van der Waals surface area contributed by atoms with Crippen LogP contribution in [0.1, 0.15) is 25.0 Å². The monoisotopic (exact) mass is 1390 g/mol. The van der Waals surface area contributed by atoms with Crippen LogP contribution in [0.25, 0.3) is 189 Å². The Morgan fingerprint density at radius 3 is 1.17 bits per heavy atom. The summed E-state index contributed by atoms with van der Waals surface area (Å²) < 4.78 is 9.28.